The Bertz CT molecular complexity index is 746. The molecule has 2 aromatic heterocycles. The quantitative estimate of drug-likeness (QED) is 0.652. The fourth-order valence-corrected chi connectivity index (χ4v) is 2.03. The molecule has 0 radical (unpaired) electrons. The second-order valence-electron chi connectivity index (χ2n) is 4.98. The summed E-state index contributed by atoms with van der Waals surface area (Å²) in [4.78, 5) is 38.6. The summed E-state index contributed by atoms with van der Waals surface area (Å²) in [6.07, 6.45) is 4.03. The van der Waals surface area contributed by atoms with Gasteiger partial charge in [0.1, 0.15) is 0 Å². The van der Waals surface area contributed by atoms with E-state index in [1.165, 1.54) is 10.8 Å². The minimum atomic E-state index is -0.449. The summed E-state index contributed by atoms with van der Waals surface area (Å²) in [7, 11) is 3.34. The lowest BCUT2D eigenvalue weighted by Crippen LogP contribution is -2.17. The first-order valence-corrected chi connectivity index (χ1v) is 6.90. The number of rotatable bonds is 6. The average Bonchev–Trinajstić information content (AvgIpc) is 3.01. The van der Waals surface area contributed by atoms with Crippen LogP contribution in [-0.2, 0) is 18.9 Å². The number of carbonyl (C=O) groups is 3. The number of nitrogens with one attached hydrogen (secondary N) is 2. The Balaban J connectivity index is 2.11. The molecule has 0 fully saturated rings. The molecular formula is C14H18N6O3. The molecule has 4 N–H and O–H groups in total. The predicted octanol–water partition coefficient (Wildman–Crippen LogP) is 0.111. The van der Waals surface area contributed by atoms with Crippen LogP contribution in [0, 0.1) is 0 Å². The Kier molecular flexibility index (Phi) is 4.91. The number of aldehydes is 1. The molecule has 0 aliphatic carbocycles. The molecule has 0 atom stereocenters. The Morgan fingerprint density at radius 1 is 1.26 bits per heavy atom. The van der Waals surface area contributed by atoms with Gasteiger partial charge in [0.2, 0.25) is 11.7 Å². The largest absolute Gasteiger partial charge is 0.346 e. The molecule has 9 heteroatoms. The standard InChI is InChI=1S/C14H18N6O3/c1-19-6-9(5-10(19)8-21)16-14(23)13-18-11(7-20(13)2)17-12(22)3-4-15/h5-8H,3-4,15H2,1-2H3,(H,16,23)(H,17,22). The van der Waals surface area contributed by atoms with E-state index in [0.717, 1.165) is 0 Å². The van der Waals surface area contributed by atoms with Gasteiger partial charge in [-0.2, -0.15) is 0 Å². The van der Waals surface area contributed by atoms with Crippen molar-refractivity contribution in [2.75, 3.05) is 17.2 Å². The van der Waals surface area contributed by atoms with E-state index < -0.39 is 5.91 Å². The number of nitrogens with two attached hydrogens (primary N) is 1. The first-order chi connectivity index (χ1) is 10.9. The number of amides is 2. The van der Waals surface area contributed by atoms with Crippen LogP contribution in [0.3, 0.4) is 0 Å². The second-order valence-corrected chi connectivity index (χ2v) is 4.98. The van der Waals surface area contributed by atoms with Gasteiger partial charge >= 0.3 is 0 Å². The van der Waals surface area contributed by atoms with Crippen molar-refractivity contribution in [2.24, 2.45) is 19.8 Å². The van der Waals surface area contributed by atoms with E-state index in [-0.39, 0.29) is 30.5 Å². The van der Waals surface area contributed by atoms with Crippen molar-refractivity contribution < 1.29 is 14.4 Å². The maximum Gasteiger partial charge on any atom is 0.291 e. The summed E-state index contributed by atoms with van der Waals surface area (Å²) in [6, 6.07) is 1.55. The summed E-state index contributed by atoms with van der Waals surface area (Å²) in [5.41, 5.74) is 6.22. The lowest BCUT2D eigenvalue weighted by Gasteiger charge is -2.01. The van der Waals surface area contributed by atoms with Gasteiger partial charge in [0.25, 0.3) is 5.91 Å². The highest BCUT2D eigenvalue weighted by atomic mass is 16.2. The van der Waals surface area contributed by atoms with Crippen molar-refractivity contribution in [3.8, 4) is 0 Å². The maximum atomic E-state index is 12.2. The highest BCUT2D eigenvalue weighted by molar-refractivity contribution is 6.02. The lowest BCUT2D eigenvalue weighted by molar-refractivity contribution is -0.116. The molecule has 0 bridgehead atoms. The van der Waals surface area contributed by atoms with Crippen molar-refractivity contribution in [3.05, 3.63) is 30.0 Å². The molecule has 2 amide bonds. The van der Waals surface area contributed by atoms with Gasteiger partial charge in [-0.05, 0) is 6.07 Å². The number of hydrogen-bond acceptors (Lipinski definition) is 5. The van der Waals surface area contributed by atoms with Crippen LogP contribution in [0.25, 0.3) is 0 Å². The molecule has 0 aliphatic rings. The van der Waals surface area contributed by atoms with E-state index in [1.54, 1.807) is 30.9 Å². The fraction of sp³-hybridized carbons (Fsp3) is 0.286. The summed E-state index contributed by atoms with van der Waals surface area (Å²) in [6.45, 7) is 0.235. The number of imidazole rings is 1. The first-order valence-electron chi connectivity index (χ1n) is 6.90. The van der Waals surface area contributed by atoms with Gasteiger partial charge in [0.15, 0.2) is 12.1 Å². The number of hydrogen-bond donors (Lipinski definition) is 3. The van der Waals surface area contributed by atoms with Gasteiger partial charge in [0, 0.05) is 39.5 Å². The normalized spacial score (nSPS) is 10.4. The van der Waals surface area contributed by atoms with Crippen molar-refractivity contribution in [1.29, 1.82) is 0 Å². The van der Waals surface area contributed by atoms with E-state index in [1.807, 2.05) is 0 Å². The summed E-state index contributed by atoms with van der Waals surface area (Å²) in [5.74, 6) is -0.312. The predicted molar refractivity (Wildman–Crippen MR) is 84.3 cm³/mol. The van der Waals surface area contributed by atoms with E-state index in [4.69, 9.17) is 5.73 Å². The Morgan fingerprint density at radius 2 is 2.00 bits per heavy atom. The van der Waals surface area contributed by atoms with Crippen molar-refractivity contribution >= 4 is 29.6 Å². The molecule has 2 heterocycles. The molecule has 9 nitrogen and oxygen atoms in total. The molecule has 0 spiro atoms. The molecular weight excluding hydrogens is 300 g/mol. The minimum absolute atomic E-state index is 0.129. The molecule has 2 aromatic rings. The third kappa shape index (κ3) is 3.83. The van der Waals surface area contributed by atoms with Gasteiger partial charge in [-0.3, -0.25) is 14.4 Å². The van der Waals surface area contributed by atoms with E-state index >= 15 is 0 Å². The average molecular weight is 318 g/mol. The lowest BCUT2D eigenvalue weighted by atomic mass is 10.4. The molecule has 0 aromatic carbocycles. The minimum Gasteiger partial charge on any atom is -0.346 e. The molecule has 0 saturated carbocycles. The fourth-order valence-electron chi connectivity index (χ4n) is 2.03. The van der Waals surface area contributed by atoms with Crippen LogP contribution in [0.15, 0.2) is 18.5 Å². The third-order valence-electron chi connectivity index (χ3n) is 3.14. The number of carbonyl (C=O) groups excluding carboxylic acids is 3. The zero-order valence-corrected chi connectivity index (χ0v) is 12.9. The highest BCUT2D eigenvalue weighted by Gasteiger charge is 2.16. The Hall–Kier alpha value is -2.94. The van der Waals surface area contributed by atoms with Crippen molar-refractivity contribution in [1.82, 2.24) is 14.1 Å². The molecule has 0 saturated heterocycles. The summed E-state index contributed by atoms with van der Waals surface area (Å²) in [5, 5.41) is 5.22. The van der Waals surface area contributed by atoms with Crippen LogP contribution < -0.4 is 16.4 Å². The highest BCUT2D eigenvalue weighted by Crippen LogP contribution is 2.14. The number of nitrogens with zero attached hydrogens (tertiary/aromatic N) is 3. The van der Waals surface area contributed by atoms with Gasteiger partial charge in [-0.1, -0.05) is 0 Å². The third-order valence-corrected chi connectivity index (χ3v) is 3.14. The van der Waals surface area contributed by atoms with Crippen LogP contribution in [0.5, 0.6) is 0 Å². The van der Waals surface area contributed by atoms with Crippen LogP contribution >= 0.6 is 0 Å². The topological polar surface area (TPSA) is 124 Å². The SMILES string of the molecule is Cn1cc(NC(=O)c2nc(NC(=O)CCN)cn2C)cc1C=O. The molecule has 0 aliphatic heterocycles. The van der Waals surface area contributed by atoms with Gasteiger partial charge in [-0.15, -0.1) is 0 Å². The van der Waals surface area contributed by atoms with E-state index in [2.05, 4.69) is 15.6 Å². The zero-order valence-electron chi connectivity index (χ0n) is 12.9. The van der Waals surface area contributed by atoms with Gasteiger partial charge in [-0.25, -0.2) is 4.98 Å². The summed E-state index contributed by atoms with van der Waals surface area (Å²) < 4.78 is 3.09. The molecule has 0 unspecified atom stereocenters. The molecule has 122 valence electrons. The Morgan fingerprint density at radius 3 is 2.61 bits per heavy atom. The molecule has 23 heavy (non-hydrogen) atoms. The first kappa shape index (κ1) is 16.4. The van der Waals surface area contributed by atoms with E-state index in [0.29, 0.717) is 17.7 Å². The molecule has 2 rings (SSSR count). The van der Waals surface area contributed by atoms with Crippen molar-refractivity contribution in [2.45, 2.75) is 6.42 Å². The van der Waals surface area contributed by atoms with Crippen LogP contribution in [0.4, 0.5) is 11.5 Å². The van der Waals surface area contributed by atoms with Crippen LogP contribution in [0.1, 0.15) is 27.5 Å². The van der Waals surface area contributed by atoms with Crippen LogP contribution in [-0.4, -0.2) is 38.8 Å². The number of aromatic nitrogens is 3. The number of anilines is 2. The zero-order chi connectivity index (χ0) is 17.0. The van der Waals surface area contributed by atoms with Gasteiger partial charge in [0.05, 0.1) is 11.4 Å². The van der Waals surface area contributed by atoms with Crippen LogP contribution in [0.2, 0.25) is 0 Å². The Labute approximate surface area is 132 Å². The van der Waals surface area contributed by atoms with Gasteiger partial charge < -0.3 is 25.5 Å². The summed E-state index contributed by atoms with van der Waals surface area (Å²) >= 11 is 0. The number of aryl methyl sites for hydroxylation is 2. The second kappa shape index (κ2) is 6.88. The monoisotopic (exact) mass is 318 g/mol. The maximum absolute atomic E-state index is 12.2. The van der Waals surface area contributed by atoms with Crippen molar-refractivity contribution in [3.63, 3.8) is 0 Å². The van der Waals surface area contributed by atoms with E-state index in [9.17, 15) is 14.4 Å². The smallest absolute Gasteiger partial charge is 0.291 e.